The number of rotatable bonds is 6. The highest BCUT2D eigenvalue weighted by molar-refractivity contribution is 6.09. The molecule has 4 aromatic rings. The third-order valence-electron chi connectivity index (χ3n) is 7.50. The Morgan fingerprint density at radius 2 is 1.72 bits per heavy atom. The number of tetrazole rings is 1. The van der Waals surface area contributed by atoms with Crippen LogP contribution in [0.5, 0.6) is 0 Å². The van der Waals surface area contributed by atoms with E-state index in [-0.39, 0.29) is 24.8 Å². The number of carbonyl (C=O) groups excluding carboxylic acids is 3. The SMILES string of the molecule is Cc1ccc2c(c1)N(CC(=O)NC(C)(C)C)C(=O)C(N(C(N)=O)c1ccccc1-n1ncnn1)CC2c1ccccc1C. The Bertz CT molecular complexity index is 1660. The van der Waals surface area contributed by atoms with Crippen LogP contribution >= 0.6 is 0 Å². The Balaban J connectivity index is 1.72. The van der Waals surface area contributed by atoms with Crippen molar-refractivity contribution in [3.05, 3.63) is 95.3 Å². The molecule has 1 aliphatic rings. The second-order valence-electron chi connectivity index (χ2n) is 11.9. The smallest absolute Gasteiger partial charge is 0.320 e. The molecule has 3 aromatic carbocycles. The van der Waals surface area contributed by atoms with Crippen LogP contribution in [0.25, 0.3) is 5.69 Å². The molecule has 0 saturated carbocycles. The average Bonchev–Trinajstić information content (AvgIpc) is 3.45. The van der Waals surface area contributed by atoms with Gasteiger partial charge in [-0.1, -0.05) is 48.5 Å². The number of hydrogen-bond acceptors (Lipinski definition) is 6. The first kappa shape index (κ1) is 29.4. The normalized spacial score (nSPS) is 16.8. The number of fused-ring (bicyclic) bond motifs is 1. The first-order valence-electron chi connectivity index (χ1n) is 14.1. The molecule has 11 nitrogen and oxygen atoms in total. The van der Waals surface area contributed by atoms with Gasteiger partial charge in [-0.2, -0.15) is 0 Å². The monoisotopic (exact) mass is 580 g/mol. The van der Waals surface area contributed by atoms with Gasteiger partial charge in [-0.25, -0.2) is 4.79 Å². The molecule has 11 heteroatoms. The van der Waals surface area contributed by atoms with Gasteiger partial charge in [-0.05, 0) is 86.7 Å². The molecule has 4 amide bonds. The summed E-state index contributed by atoms with van der Waals surface area (Å²) >= 11 is 0. The van der Waals surface area contributed by atoms with Crippen molar-refractivity contribution >= 4 is 29.2 Å². The molecular weight excluding hydrogens is 544 g/mol. The van der Waals surface area contributed by atoms with E-state index < -0.39 is 23.5 Å². The Morgan fingerprint density at radius 1 is 1.00 bits per heavy atom. The highest BCUT2D eigenvalue weighted by Crippen LogP contribution is 2.43. The van der Waals surface area contributed by atoms with Crippen molar-refractivity contribution in [3.63, 3.8) is 0 Å². The summed E-state index contributed by atoms with van der Waals surface area (Å²) in [5, 5.41) is 14.9. The van der Waals surface area contributed by atoms with Gasteiger partial charge in [0.05, 0.1) is 5.69 Å². The molecular formula is C32H36N8O3. The Morgan fingerprint density at radius 3 is 2.40 bits per heavy atom. The second-order valence-corrected chi connectivity index (χ2v) is 11.9. The summed E-state index contributed by atoms with van der Waals surface area (Å²) < 4.78 is 0. The summed E-state index contributed by atoms with van der Waals surface area (Å²) in [7, 11) is 0. The molecule has 2 atom stereocenters. The quantitative estimate of drug-likeness (QED) is 0.353. The van der Waals surface area contributed by atoms with Crippen LogP contribution in [0, 0.1) is 13.8 Å². The van der Waals surface area contributed by atoms with Crippen molar-refractivity contribution in [1.82, 2.24) is 25.5 Å². The van der Waals surface area contributed by atoms with E-state index in [1.165, 1.54) is 20.9 Å². The largest absolute Gasteiger partial charge is 0.351 e. The van der Waals surface area contributed by atoms with E-state index in [2.05, 4.69) is 20.7 Å². The number of carbonyl (C=O) groups is 3. The van der Waals surface area contributed by atoms with E-state index in [1.807, 2.05) is 77.1 Å². The molecule has 2 heterocycles. The highest BCUT2D eigenvalue weighted by atomic mass is 16.2. The minimum Gasteiger partial charge on any atom is -0.351 e. The zero-order valence-electron chi connectivity index (χ0n) is 25.0. The number of anilines is 2. The summed E-state index contributed by atoms with van der Waals surface area (Å²) in [5.41, 5.74) is 10.8. The van der Waals surface area contributed by atoms with Gasteiger partial charge in [-0.3, -0.25) is 14.5 Å². The van der Waals surface area contributed by atoms with Crippen LogP contribution in [0.4, 0.5) is 16.2 Å². The zero-order valence-corrected chi connectivity index (χ0v) is 25.0. The van der Waals surface area contributed by atoms with Gasteiger partial charge in [0, 0.05) is 17.1 Å². The van der Waals surface area contributed by atoms with E-state index in [1.54, 1.807) is 24.3 Å². The Labute approximate surface area is 250 Å². The van der Waals surface area contributed by atoms with Crippen LogP contribution in [-0.4, -0.2) is 56.2 Å². The van der Waals surface area contributed by atoms with Gasteiger partial charge >= 0.3 is 6.03 Å². The molecule has 43 heavy (non-hydrogen) atoms. The summed E-state index contributed by atoms with van der Waals surface area (Å²) in [4.78, 5) is 45.5. The molecule has 0 aliphatic carbocycles. The van der Waals surface area contributed by atoms with Gasteiger partial charge in [0.25, 0.3) is 5.91 Å². The number of urea groups is 1. The maximum absolute atomic E-state index is 14.7. The second kappa shape index (κ2) is 11.7. The number of nitrogens with one attached hydrogen (secondary N) is 1. The number of hydrogen-bond donors (Lipinski definition) is 2. The van der Waals surface area contributed by atoms with E-state index in [4.69, 9.17) is 5.73 Å². The van der Waals surface area contributed by atoms with Gasteiger partial charge in [0.1, 0.15) is 18.3 Å². The number of aryl methyl sites for hydroxylation is 2. The average molecular weight is 581 g/mol. The predicted molar refractivity (Wildman–Crippen MR) is 164 cm³/mol. The molecule has 0 fully saturated rings. The van der Waals surface area contributed by atoms with Gasteiger partial charge < -0.3 is 16.0 Å². The Hall–Kier alpha value is -5.06. The molecule has 2 unspecified atom stereocenters. The van der Waals surface area contributed by atoms with Gasteiger partial charge in [0.2, 0.25) is 5.91 Å². The third-order valence-corrected chi connectivity index (χ3v) is 7.50. The van der Waals surface area contributed by atoms with E-state index >= 15 is 0 Å². The first-order valence-corrected chi connectivity index (χ1v) is 14.1. The number of benzene rings is 3. The molecule has 1 aliphatic heterocycles. The van der Waals surface area contributed by atoms with Crippen molar-refractivity contribution in [3.8, 4) is 5.69 Å². The highest BCUT2D eigenvalue weighted by Gasteiger charge is 2.42. The van der Waals surface area contributed by atoms with E-state index in [0.29, 0.717) is 17.1 Å². The lowest BCUT2D eigenvalue weighted by Gasteiger charge is -2.33. The van der Waals surface area contributed by atoms with Crippen molar-refractivity contribution in [2.24, 2.45) is 5.73 Å². The molecule has 0 radical (unpaired) electrons. The lowest BCUT2D eigenvalue weighted by Crippen LogP contribution is -2.55. The molecule has 0 bridgehead atoms. The van der Waals surface area contributed by atoms with Crippen molar-refractivity contribution in [2.45, 2.75) is 58.5 Å². The summed E-state index contributed by atoms with van der Waals surface area (Å²) in [6, 6.07) is 19.0. The molecule has 222 valence electrons. The fraction of sp³-hybridized carbons (Fsp3) is 0.312. The molecule has 0 saturated heterocycles. The fourth-order valence-corrected chi connectivity index (χ4v) is 5.74. The number of aromatic nitrogens is 4. The topological polar surface area (TPSA) is 139 Å². The fourth-order valence-electron chi connectivity index (χ4n) is 5.74. The minimum absolute atomic E-state index is 0.221. The summed E-state index contributed by atoms with van der Waals surface area (Å²) in [6.07, 6.45) is 1.50. The summed E-state index contributed by atoms with van der Waals surface area (Å²) in [5.74, 6) is -1.04. The number of primary amides is 1. The van der Waals surface area contributed by atoms with Crippen LogP contribution in [0.2, 0.25) is 0 Å². The van der Waals surface area contributed by atoms with Gasteiger partial charge in [-0.15, -0.1) is 15.0 Å². The van der Waals surface area contributed by atoms with Crippen LogP contribution < -0.4 is 20.9 Å². The molecule has 5 rings (SSSR count). The Kier molecular flexibility index (Phi) is 7.99. The number of nitrogens with two attached hydrogens (primary N) is 1. The maximum Gasteiger partial charge on any atom is 0.320 e. The lowest BCUT2D eigenvalue weighted by molar-refractivity contribution is -0.125. The van der Waals surface area contributed by atoms with Crippen LogP contribution in [0.15, 0.2) is 73.1 Å². The van der Waals surface area contributed by atoms with Crippen molar-refractivity contribution in [1.29, 1.82) is 0 Å². The summed E-state index contributed by atoms with van der Waals surface area (Å²) in [6.45, 7) is 9.39. The first-order chi connectivity index (χ1) is 20.4. The van der Waals surface area contributed by atoms with E-state index in [9.17, 15) is 14.4 Å². The van der Waals surface area contributed by atoms with Crippen LogP contribution in [0.1, 0.15) is 55.4 Å². The minimum atomic E-state index is -1.07. The molecule has 0 spiro atoms. The van der Waals surface area contributed by atoms with Gasteiger partial charge in [0.15, 0.2) is 6.33 Å². The number of para-hydroxylation sites is 2. The van der Waals surface area contributed by atoms with Crippen LogP contribution in [0.3, 0.4) is 0 Å². The molecule has 1 aromatic heterocycles. The third kappa shape index (κ3) is 6.11. The zero-order chi connectivity index (χ0) is 30.9. The number of nitrogens with zero attached hydrogens (tertiary/aromatic N) is 6. The predicted octanol–water partition coefficient (Wildman–Crippen LogP) is 4.02. The van der Waals surface area contributed by atoms with Crippen molar-refractivity contribution < 1.29 is 14.4 Å². The van der Waals surface area contributed by atoms with Crippen molar-refractivity contribution in [2.75, 3.05) is 16.3 Å². The van der Waals surface area contributed by atoms with E-state index in [0.717, 1.165) is 22.3 Å². The number of amides is 4. The van der Waals surface area contributed by atoms with Crippen LogP contribution in [-0.2, 0) is 9.59 Å². The molecule has 3 N–H and O–H groups in total. The lowest BCUT2D eigenvalue weighted by atomic mass is 9.83. The standard InChI is InChI=1S/C32H36N8O3/c1-20-14-15-23-24(22-11-7-6-10-21(22)2)17-28(30(42)38(27(23)16-20)18-29(41)36-32(3,4)5)39(31(33)43)25-12-8-9-13-26(25)40-35-19-34-37-40/h6-16,19,24,28H,17-18H2,1-5H3,(H2,33,43)(H,36,41). The maximum atomic E-state index is 14.7.